The topological polar surface area (TPSA) is 206 Å². The highest BCUT2D eigenvalue weighted by molar-refractivity contribution is 6.08. The molecule has 5 aromatic rings. The standard InChI is InChI=1S/C45H51F2N13O6/c1-55-39-29(37(53-55)30-9-10-35(61)52-42(30)63)3-2-4-32(39)48-19-36(62)57-23-45(24-57)12-15-56(16-13-45)44(65)25-5-7-26(8-6-25)60-21-33(38(54-60)40(46)47)50-43(64)31-18-49-59-14-11-34(51-41(31)59)58-20-28-17-27(58)22-66-28/h2-4,11,14,18,21,25-28,30,40,48H,5-10,12-13,15-17,19-20,22-24H2,1H3,(H,50,64)(H,52,61,63)/t25-,26-,27-,28-,30?/m1/s1. The number of hydrogen-bond acceptors (Lipinski definition) is 12. The van der Waals surface area contributed by atoms with Crippen LogP contribution in [-0.2, 0) is 31.0 Å². The first kappa shape index (κ1) is 42.1. The quantitative estimate of drug-likeness (QED) is 0.171. The third-order valence-electron chi connectivity index (χ3n) is 14.9. The van der Waals surface area contributed by atoms with Gasteiger partial charge in [-0.05, 0) is 63.5 Å². The normalized spacial score (nSPS) is 25.0. The predicted octanol–water partition coefficient (Wildman–Crippen LogP) is 3.79. The third-order valence-corrected chi connectivity index (χ3v) is 14.9. The van der Waals surface area contributed by atoms with Gasteiger partial charge in [-0.25, -0.2) is 18.3 Å². The van der Waals surface area contributed by atoms with Crippen molar-refractivity contribution in [3.05, 3.63) is 59.8 Å². The fourth-order valence-corrected chi connectivity index (χ4v) is 11.2. The zero-order valence-electron chi connectivity index (χ0n) is 36.5. The number of nitrogens with one attached hydrogen (secondary N) is 3. The molecule has 346 valence electrons. The minimum atomic E-state index is -2.92. The number of para-hydroxylation sites is 1. The molecule has 1 spiro atoms. The molecule has 5 saturated heterocycles. The summed E-state index contributed by atoms with van der Waals surface area (Å²) in [6.45, 7) is 3.95. The second-order valence-corrected chi connectivity index (χ2v) is 18.9. The van der Waals surface area contributed by atoms with Crippen LogP contribution < -0.4 is 20.9 Å². The maximum atomic E-state index is 14.3. The van der Waals surface area contributed by atoms with E-state index < -0.39 is 23.9 Å². The maximum Gasteiger partial charge on any atom is 0.284 e. The van der Waals surface area contributed by atoms with E-state index in [0.717, 1.165) is 35.9 Å². The largest absolute Gasteiger partial charge is 0.374 e. The monoisotopic (exact) mass is 907 g/mol. The average Bonchev–Trinajstić information content (AvgIpc) is 4.17. The zero-order valence-corrected chi connectivity index (χ0v) is 36.5. The number of halogens is 2. The van der Waals surface area contributed by atoms with Crippen molar-refractivity contribution in [2.75, 3.05) is 61.4 Å². The number of aromatic nitrogens is 7. The fraction of sp³-hybridized carbons (Fsp3) is 0.533. The Hall–Kier alpha value is -6.51. The number of anilines is 3. The van der Waals surface area contributed by atoms with E-state index in [2.05, 4.69) is 36.1 Å². The van der Waals surface area contributed by atoms with E-state index in [4.69, 9.17) is 9.72 Å². The van der Waals surface area contributed by atoms with Gasteiger partial charge in [0.2, 0.25) is 23.6 Å². The van der Waals surface area contributed by atoms with Crippen molar-refractivity contribution >= 4 is 63.3 Å². The minimum absolute atomic E-state index is 0.0213. The second kappa shape index (κ2) is 16.4. The molecule has 1 unspecified atom stereocenters. The van der Waals surface area contributed by atoms with Crippen LogP contribution in [0.2, 0.25) is 0 Å². The van der Waals surface area contributed by atoms with Crippen LogP contribution in [0.3, 0.4) is 0 Å². The number of rotatable bonds is 10. The van der Waals surface area contributed by atoms with E-state index in [1.54, 1.807) is 17.9 Å². The Morgan fingerprint density at radius 3 is 2.52 bits per heavy atom. The van der Waals surface area contributed by atoms with Crippen LogP contribution in [0.4, 0.5) is 26.0 Å². The molecular weight excluding hydrogens is 857 g/mol. The van der Waals surface area contributed by atoms with Gasteiger partial charge < -0.3 is 30.1 Å². The van der Waals surface area contributed by atoms with Crippen LogP contribution in [0, 0.1) is 11.3 Å². The molecule has 19 nitrogen and oxygen atoms in total. The van der Waals surface area contributed by atoms with Crippen LogP contribution in [0.15, 0.2) is 42.9 Å². The molecule has 3 N–H and O–H groups in total. The number of ether oxygens (including phenoxy) is 1. The first-order valence-corrected chi connectivity index (χ1v) is 22.9. The van der Waals surface area contributed by atoms with E-state index >= 15 is 0 Å². The molecule has 6 fully saturated rings. The molecule has 0 radical (unpaired) electrons. The smallest absolute Gasteiger partial charge is 0.284 e. The Morgan fingerprint density at radius 1 is 0.985 bits per heavy atom. The summed E-state index contributed by atoms with van der Waals surface area (Å²) in [4.78, 5) is 75.7. The van der Waals surface area contributed by atoms with Crippen LogP contribution in [-0.4, -0.2) is 132 Å². The first-order chi connectivity index (χ1) is 31.9. The Balaban J connectivity index is 0.656. The Morgan fingerprint density at radius 2 is 1.79 bits per heavy atom. The van der Waals surface area contributed by atoms with E-state index in [9.17, 15) is 32.8 Å². The van der Waals surface area contributed by atoms with Crippen LogP contribution in [0.1, 0.15) is 97.9 Å². The van der Waals surface area contributed by atoms with Gasteiger partial charge in [-0.2, -0.15) is 15.3 Å². The zero-order chi connectivity index (χ0) is 45.4. The summed E-state index contributed by atoms with van der Waals surface area (Å²) in [7, 11) is 1.80. The lowest BCUT2D eigenvalue weighted by Gasteiger charge is -2.54. The molecular formula is C45H51F2N13O6. The van der Waals surface area contributed by atoms with E-state index in [1.165, 1.54) is 21.6 Å². The average molecular weight is 908 g/mol. The molecule has 1 aliphatic carbocycles. The summed E-state index contributed by atoms with van der Waals surface area (Å²) in [6.07, 6.45) is 7.37. The summed E-state index contributed by atoms with van der Waals surface area (Å²) in [5.41, 5.74) is 1.99. The number of aryl methyl sites for hydroxylation is 1. The van der Waals surface area contributed by atoms with Gasteiger partial charge in [-0.15, -0.1) is 0 Å². The summed E-state index contributed by atoms with van der Waals surface area (Å²) in [5, 5.41) is 22.3. The number of piperidine rings is 2. The van der Waals surface area contributed by atoms with Crippen molar-refractivity contribution in [2.24, 2.45) is 18.4 Å². The molecule has 21 heteroatoms. The molecule has 4 aromatic heterocycles. The number of morpholine rings is 1. The van der Waals surface area contributed by atoms with Gasteiger partial charge in [-0.1, -0.05) is 12.1 Å². The second-order valence-electron chi connectivity index (χ2n) is 18.9. The van der Waals surface area contributed by atoms with Crippen molar-refractivity contribution in [3.63, 3.8) is 0 Å². The van der Waals surface area contributed by atoms with Gasteiger partial charge in [0.1, 0.15) is 11.4 Å². The lowest BCUT2D eigenvalue weighted by molar-refractivity contribution is -0.150. The number of carbonyl (C=O) groups is 5. The SMILES string of the molecule is Cn1nc(C2CCC(=O)NC2=O)c2cccc(NCC(=O)N3CC4(CCN(C(=O)[C@H]5CC[C@H](n6cc(NC(=O)c7cnn8ccc(N9C[C@H]%10C[C@@H]9CO%10)nc78)c(C(F)F)n6)CC5)CC4)C3)c21. The highest BCUT2D eigenvalue weighted by Gasteiger charge is 2.48. The van der Waals surface area contributed by atoms with Gasteiger partial charge in [0.05, 0.1) is 66.0 Å². The molecule has 1 saturated carbocycles. The molecule has 5 aliphatic heterocycles. The van der Waals surface area contributed by atoms with E-state index in [1.807, 2.05) is 34.1 Å². The number of likely N-dealkylation sites (tertiary alicyclic amines) is 2. The van der Waals surface area contributed by atoms with Crippen molar-refractivity contribution < 1.29 is 37.5 Å². The van der Waals surface area contributed by atoms with Crippen molar-refractivity contribution in [1.82, 2.24) is 49.3 Å². The van der Waals surface area contributed by atoms with Gasteiger partial charge in [0, 0.05) is 75.3 Å². The molecule has 2 bridgehead atoms. The van der Waals surface area contributed by atoms with Gasteiger partial charge in [-0.3, -0.25) is 38.7 Å². The lowest BCUT2D eigenvalue weighted by Crippen LogP contribution is -2.63. The summed E-state index contributed by atoms with van der Waals surface area (Å²) in [6, 6.07) is 7.51. The molecule has 11 rings (SSSR count). The van der Waals surface area contributed by atoms with Crippen molar-refractivity contribution in [3.8, 4) is 0 Å². The van der Waals surface area contributed by atoms with Gasteiger partial charge >= 0.3 is 0 Å². The Bertz CT molecular complexity index is 2760. The number of benzene rings is 1. The molecule has 9 heterocycles. The number of carbonyl (C=O) groups excluding carboxylic acids is 5. The summed E-state index contributed by atoms with van der Waals surface area (Å²) >= 11 is 0. The third kappa shape index (κ3) is 7.49. The number of nitrogens with zero attached hydrogens (tertiary/aromatic N) is 10. The summed E-state index contributed by atoms with van der Waals surface area (Å²) < 4.78 is 39.1. The van der Waals surface area contributed by atoms with Crippen molar-refractivity contribution in [2.45, 2.75) is 88.3 Å². The Labute approximate surface area is 377 Å². The van der Waals surface area contributed by atoms with Crippen LogP contribution >= 0.6 is 0 Å². The van der Waals surface area contributed by atoms with Gasteiger partial charge in [0.15, 0.2) is 11.3 Å². The molecule has 6 aliphatic rings. The molecule has 66 heavy (non-hydrogen) atoms. The highest BCUT2D eigenvalue weighted by Crippen LogP contribution is 2.43. The van der Waals surface area contributed by atoms with Crippen molar-refractivity contribution in [1.29, 1.82) is 0 Å². The van der Waals surface area contributed by atoms with E-state index in [0.29, 0.717) is 88.6 Å². The lowest BCUT2D eigenvalue weighted by atomic mass is 9.71. The fourth-order valence-electron chi connectivity index (χ4n) is 11.2. The highest BCUT2D eigenvalue weighted by atomic mass is 19.3. The van der Waals surface area contributed by atoms with Crippen LogP contribution in [0.25, 0.3) is 16.6 Å². The predicted molar refractivity (Wildman–Crippen MR) is 234 cm³/mol. The number of alkyl halides is 2. The number of fused-ring (bicyclic) bond motifs is 4. The minimum Gasteiger partial charge on any atom is -0.374 e. The van der Waals surface area contributed by atoms with E-state index in [-0.39, 0.29) is 77.4 Å². The number of amides is 5. The maximum absolute atomic E-state index is 14.3. The number of hydrogen-bond donors (Lipinski definition) is 3. The molecule has 5 amide bonds. The van der Waals surface area contributed by atoms with Crippen LogP contribution in [0.5, 0.6) is 0 Å². The molecule has 3 atom stereocenters. The first-order valence-electron chi connectivity index (χ1n) is 22.9. The molecule has 1 aromatic carbocycles. The number of imide groups is 1. The summed E-state index contributed by atoms with van der Waals surface area (Å²) in [5.74, 6) is -1.14. The van der Waals surface area contributed by atoms with Gasteiger partial charge in [0.25, 0.3) is 12.3 Å². The Kier molecular flexibility index (Phi) is 10.5.